The van der Waals surface area contributed by atoms with Crippen LogP contribution in [0.4, 0.5) is 5.69 Å². The fraction of sp³-hybridized carbons (Fsp3) is 0.304. The highest BCUT2D eigenvalue weighted by Gasteiger charge is 2.19. The minimum Gasteiger partial charge on any atom is -0.347 e. The van der Waals surface area contributed by atoms with E-state index in [1.54, 1.807) is 28.8 Å². The standard InChI is InChI=1S/C23H27N5O2S/c1-15-9-11-16(12-10-15)20-26-27-22(31)28(20)14-13-19(29)24-18-8-6-5-7-17(18)21(30)25-23(2,3)4/h5-12H,13-14H2,1-4H3,(H,24,29)(H,25,30)(H,27,31). The number of H-pyrrole nitrogens is 1. The number of hydrogen-bond acceptors (Lipinski definition) is 4. The average Bonchev–Trinajstić information content (AvgIpc) is 3.06. The minimum absolute atomic E-state index is 0.182. The third-order valence-corrected chi connectivity index (χ3v) is 4.88. The number of aryl methyl sites for hydroxylation is 1. The number of nitrogens with zero attached hydrogens (tertiary/aromatic N) is 2. The minimum atomic E-state index is -0.377. The van der Waals surface area contributed by atoms with Crippen molar-refractivity contribution in [1.29, 1.82) is 0 Å². The summed E-state index contributed by atoms with van der Waals surface area (Å²) in [7, 11) is 0. The second kappa shape index (κ2) is 9.26. The van der Waals surface area contributed by atoms with Crippen molar-refractivity contribution in [3.05, 3.63) is 64.4 Å². The molecule has 162 valence electrons. The molecule has 0 radical (unpaired) electrons. The van der Waals surface area contributed by atoms with Crippen molar-refractivity contribution in [1.82, 2.24) is 20.1 Å². The van der Waals surface area contributed by atoms with Crippen LogP contribution in [0.3, 0.4) is 0 Å². The van der Waals surface area contributed by atoms with Crippen LogP contribution in [-0.2, 0) is 11.3 Å². The third-order valence-electron chi connectivity index (χ3n) is 4.56. The van der Waals surface area contributed by atoms with Gasteiger partial charge in [0.25, 0.3) is 5.91 Å². The highest BCUT2D eigenvalue weighted by molar-refractivity contribution is 7.71. The Morgan fingerprint density at radius 2 is 1.77 bits per heavy atom. The summed E-state index contributed by atoms with van der Waals surface area (Å²) in [6, 6.07) is 14.9. The maximum atomic E-state index is 12.7. The third kappa shape index (κ3) is 5.88. The van der Waals surface area contributed by atoms with Crippen molar-refractivity contribution >= 4 is 29.7 Å². The number of aromatic amines is 1. The summed E-state index contributed by atoms with van der Waals surface area (Å²) in [4.78, 5) is 25.2. The van der Waals surface area contributed by atoms with Crippen LogP contribution in [0.15, 0.2) is 48.5 Å². The number of carbonyl (C=O) groups excluding carboxylic acids is 2. The first kappa shape index (κ1) is 22.4. The van der Waals surface area contributed by atoms with E-state index in [-0.39, 0.29) is 23.8 Å². The summed E-state index contributed by atoms with van der Waals surface area (Å²) in [5.74, 6) is 0.235. The Labute approximate surface area is 186 Å². The molecule has 0 saturated carbocycles. The predicted octanol–water partition coefficient (Wildman–Crippen LogP) is 4.47. The Kier molecular flexibility index (Phi) is 6.70. The van der Waals surface area contributed by atoms with Crippen LogP contribution >= 0.6 is 12.2 Å². The van der Waals surface area contributed by atoms with E-state index in [1.807, 2.05) is 52.0 Å². The first-order valence-corrected chi connectivity index (χ1v) is 10.5. The van der Waals surface area contributed by atoms with Crippen molar-refractivity contribution in [2.24, 2.45) is 0 Å². The molecule has 31 heavy (non-hydrogen) atoms. The molecule has 0 aliphatic rings. The second-order valence-corrected chi connectivity index (χ2v) is 8.80. The van der Waals surface area contributed by atoms with Gasteiger partial charge < -0.3 is 10.6 Å². The maximum absolute atomic E-state index is 12.7. The second-order valence-electron chi connectivity index (χ2n) is 8.42. The quantitative estimate of drug-likeness (QED) is 0.496. The molecule has 0 spiro atoms. The van der Waals surface area contributed by atoms with Crippen LogP contribution in [0.5, 0.6) is 0 Å². The molecule has 1 aromatic heterocycles. The molecule has 0 unspecified atom stereocenters. The van der Waals surface area contributed by atoms with Gasteiger partial charge in [0, 0.05) is 24.1 Å². The van der Waals surface area contributed by atoms with Crippen LogP contribution in [0.2, 0.25) is 0 Å². The zero-order chi connectivity index (χ0) is 22.6. The van der Waals surface area contributed by atoms with Gasteiger partial charge in [-0.1, -0.05) is 42.0 Å². The highest BCUT2D eigenvalue weighted by atomic mass is 32.1. The first-order valence-electron chi connectivity index (χ1n) is 10.1. The van der Waals surface area contributed by atoms with Crippen LogP contribution in [0.1, 0.15) is 43.1 Å². The molecule has 2 amide bonds. The van der Waals surface area contributed by atoms with Crippen molar-refractivity contribution in [2.75, 3.05) is 5.32 Å². The molecular formula is C23H27N5O2S. The molecule has 0 saturated heterocycles. The van der Waals surface area contributed by atoms with E-state index >= 15 is 0 Å². The van der Waals surface area contributed by atoms with Gasteiger partial charge in [0.2, 0.25) is 5.91 Å². The van der Waals surface area contributed by atoms with Crippen LogP contribution in [-0.4, -0.2) is 32.1 Å². The topological polar surface area (TPSA) is 91.8 Å². The van der Waals surface area contributed by atoms with Gasteiger partial charge in [-0.3, -0.25) is 19.3 Å². The lowest BCUT2D eigenvalue weighted by Crippen LogP contribution is -2.40. The Morgan fingerprint density at radius 1 is 1.10 bits per heavy atom. The molecule has 3 rings (SSSR count). The van der Waals surface area contributed by atoms with Crippen molar-refractivity contribution in [3.63, 3.8) is 0 Å². The molecule has 2 aromatic carbocycles. The summed E-state index contributed by atoms with van der Waals surface area (Å²) in [6.45, 7) is 8.11. The Bertz CT molecular complexity index is 1140. The summed E-state index contributed by atoms with van der Waals surface area (Å²) >= 11 is 5.35. The highest BCUT2D eigenvalue weighted by Crippen LogP contribution is 2.19. The van der Waals surface area contributed by atoms with Gasteiger partial charge in [-0.2, -0.15) is 5.10 Å². The van der Waals surface area contributed by atoms with E-state index < -0.39 is 0 Å². The smallest absolute Gasteiger partial charge is 0.253 e. The van der Waals surface area contributed by atoms with Crippen molar-refractivity contribution in [3.8, 4) is 11.4 Å². The number of rotatable bonds is 6. The molecule has 1 heterocycles. The SMILES string of the molecule is Cc1ccc(-c2n[nH]c(=S)n2CCC(=O)Nc2ccccc2C(=O)NC(C)(C)C)cc1. The normalized spacial score (nSPS) is 11.2. The van der Waals surface area contributed by atoms with Crippen molar-refractivity contribution in [2.45, 2.75) is 46.2 Å². The number of benzene rings is 2. The fourth-order valence-corrected chi connectivity index (χ4v) is 3.30. The molecule has 8 heteroatoms. The van der Waals surface area contributed by atoms with Crippen LogP contribution < -0.4 is 10.6 Å². The van der Waals surface area contributed by atoms with E-state index in [0.717, 1.165) is 11.1 Å². The van der Waals surface area contributed by atoms with E-state index in [1.165, 1.54) is 0 Å². The van der Waals surface area contributed by atoms with E-state index in [0.29, 0.717) is 28.4 Å². The number of anilines is 1. The number of aromatic nitrogens is 3. The van der Waals surface area contributed by atoms with Gasteiger partial charge in [-0.05, 0) is 52.0 Å². The van der Waals surface area contributed by atoms with Crippen molar-refractivity contribution < 1.29 is 9.59 Å². The molecule has 3 N–H and O–H groups in total. The number of hydrogen-bond donors (Lipinski definition) is 3. The zero-order valence-electron chi connectivity index (χ0n) is 18.2. The van der Waals surface area contributed by atoms with E-state index in [2.05, 4.69) is 20.8 Å². The lowest BCUT2D eigenvalue weighted by molar-refractivity contribution is -0.116. The summed E-state index contributed by atoms with van der Waals surface area (Å²) < 4.78 is 2.26. The number of amides is 2. The molecule has 0 atom stereocenters. The predicted molar refractivity (Wildman–Crippen MR) is 124 cm³/mol. The number of para-hydroxylation sites is 1. The molecule has 0 fully saturated rings. The number of nitrogens with one attached hydrogen (secondary N) is 3. The van der Waals surface area contributed by atoms with Gasteiger partial charge in [-0.25, -0.2) is 0 Å². The van der Waals surface area contributed by atoms with Gasteiger partial charge >= 0.3 is 0 Å². The Hall–Kier alpha value is -3.26. The number of carbonyl (C=O) groups is 2. The first-order chi connectivity index (χ1) is 14.6. The monoisotopic (exact) mass is 437 g/mol. The average molecular weight is 438 g/mol. The Balaban J connectivity index is 1.71. The van der Waals surface area contributed by atoms with Crippen LogP contribution in [0.25, 0.3) is 11.4 Å². The fourth-order valence-electron chi connectivity index (χ4n) is 3.07. The van der Waals surface area contributed by atoms with Gasteiger partial charge in [0.1, 0.15) is 0 Å². The van der Waals surface area contributed by atoms with E-state index in [9.17, 15) is 9.59 Å². The lowest BCUT2D eigenvalue weighted by Gasteiger charge is -2.21. The van der Waals surface area contributed by atoms with E-state index in [4.69, 9.17) is 12.2 Å². The molecule has 7 nitrogen and oxygen atoms in total. The molecule has 0 aliphatic heterocycles. The maximum Gasteiger partial charge on any atom is 0.253 e. The van der Waals surface area contributed by atoms with Gasteiger partial charge in [-0.15, -0.1) is 0 Å². The molecular weight excluding hydrogens is 410 g/mol. The Morgan fingerprint density at radius 3 is 2.45 bits per heavy atom. The summed E-state index contributed by atoms with van der Waals surface area (Å²) in [5, 5.41) is 12.9. The molecule has 0 aliphatic carbocycles. The zero-order valence-corrected chi connectivity index (χ0v) is 19.0. The molecule has 0 bridgehead atoms. The van der Waals surface area contributed by atoms with Gasteiger partial charge in [0.05, 0.1) is 11.3 Å². The molecule has 3 aromatic rings. The van der Waals surface area contributed by atoms with Gasteiger partial charge in [0.15, 0.2) is 10.6 Å². The summed E-state index contributed by atoms with van der Waals surface area (Å²) in [6.07, 6.45) is 0.182. The van der Waals surface area contributed by atoms with Crippen LogP contribution in [0, 0.1) is 11.7 Å². The largest absolute Gasteiger partial charge is 0.347 e. The lowest BCUT2D eigenvalue weighted by atomic mass is 10.1. The summed E-state index contributed by atoms with van der Waals surface area (Å²) in [5.41, 5.74) is 2.59.